The third-order valence-electron chi connectivity index (χ3n) is 4.49. The van der Waals surface area contributed by atoms with Crippen molar-refractivity contribution in [3.8, 4) is 0 Å². The fourth-order valence-electron chi connectivity index (χ4n) is 3.06. The van der Waals surface area contributed by atoms with Gasteiger partial charge in [0.1, 0.15) is 0 Å². The van der Waals surface area contributed by atoms with Gasteiger partial charge in [-0.3, -0.25) is 9.79 Å². The Morgan fingerprint density at radius 2 is 2.15 bits per heavy atom. The molecule has 0 aliphatic carbocycles. The van der Waals surface area contributed by atoms with Gasteiger partial charge < -0.3 is 15.5 Å². The lowest BCUT2D eigenvalue weighted by Crippen LogP contribution is -2.42. The first-order valence-corrected chi connectivity index (χ1v) is 9.98. The number of likely N-dealkylation sites (tertiary alicyclic amines) is 1. The van der Waals surface area contributed by atoms with Crippen LogP contribution >= 0.6 is 11.3 Å². The van der Waals surface area contributed by atoms with Crippen molar-refractivity contribution in [2.75, 3.05) is 26.7 Å². The smallest absolute Gasteiger partial charge is 0.356 e. The first-order valence-electron chi connectivity index (χ1n) is 9.10. The number of aromatic nitrogens is 1. The SMILES string of the molecule is CCC(CCNC(=NC)NCCc1nc(C(F)(F)F)cs1)N1CCCC1=O. The molecule has 1 aliphatic rings. The van der Waals surface area contributed by atoms with Crippen LogP contribution in [-0.4, -0.2) is 54.5 Å². The fourth-order valence-corrected chi connectivity index (χ4v) is 3.86. The van der Waals surface area contributed by atoms with E-state index in [2.05, 4.69) is 27.5 Å². The van der Waals surface area contributed by atoms with Crippen molar-refractivity contribution in [3.05, 3.63) is 16.1 Å². The highest BCUT2D eigenvalue weighted by atomic mass is 32.1. The zero-order valence-electron chi connectivity index (χ0n) is 15.6. The molecule has 1 aromatic heterocycles. The molecule has 2 N–H and O–H groups in total. The zero-order chi connectivity index (χ0) is 19.9. The van der Waals surface area contributed by atoms with Crippen molar-refractivity contribution in [2.24, 2.45) is 4.99 Å². The van der Waals surface area contributed by atoms with Crippen LogP contribution in [0.3, 0.4) is 0 Å². The minimum atomic E-state index is -4.40. The van der Waals surface area contributed by atoms with Crippen molar-refractivity contribution >= 4 is 23.2 Å². The van der Waals surface area contributed by atoms with Gasteiger partial charge in [-0.05, 0) is 19.3 Å². The van der Waals surface area contributed by atoms with Crippen LogP contribution in [0.15, 0.2) is 10.4 Å². The first-order chi connectivity index (χ1) is 12.8. The van der Waals surface area contributed by atoms with Gasteiger partial charge in [0.05, 0.1) is 5.01 Å². The van der Waals surface area contributed by atoms with Crippen LogP contribution in [0, 0.1) is 0 Å². The highest BCUT2D eigenvalue weighted by Crippen LogP contribution is 2.30. The maximum atomic E-state index is 12.6. The number of hydrogen-bond acceptors (Lipinski definition) is 4. The molecule has 1 unspecified atom stereocenters. The summed E-state index contributed by atoms with van der Waals surface area (Å²) in [6.07, 6.45) is -0.707. The van der Waals surface area contributed by atoms with Crippen molar-refractivity contribution < 1.29 is 18.0 Å². The Bertz CT molecular complexity index is 647. The number of aliphatic imine (C=N–C) groups is 1. The van der Waals surface area contributed by atoms with Crippen molar-refractivity contribution in [1.82, 2.24) is 20.5 Å². The maximum Gasteiger partial charge on any atom is 0.434 e. The van der Waals surface area contributed by atoms with Gasteiger partial charge in [0.2, 0.25) is 5.91 Å². The number of carbonyl (C=O) groups excluding carboxylic acids is 1. The highest BCUT2D eigenvalue weighted by molar-refractivity contribution is 7.09. The molecular formula is C17H26F3N5OS. The molecule has 6 nitrogen and oxygen atoms in total. The standard InChI is InChI=1S/C17H26F3N5OS/c1-3-12(25-10-4-5-15(25)26)6-8-22-16(21-2)23-9-7-14-24-13(11-27-14)17(18,19)20/h11-12H,3-10H2,1-2H3,(H2,21,22,23). The molecule has 1 saturated heterocycles. The van der Waals surface area contributed by atoms with Gasteiger partial charge >= 0.3 is 6.18 Å². The van der Waals surface area contributed by atoms with E-state index in [0.29, 0.717) is 36.9 Å². The summed E-state index contributed by atoms with van der Waals surface area (Å²) >= 11 is 1.01. The summed E-state index contributed by atoms with van der Waals surface area (Å²) in [5.41, 5.74) is -0.841. The molecule has 10 heteroatoms. The summed E-state index contributed by atoms with van der Waals surface area (Å²) in [7, 11) is 1.64. The average Bonchev–Trinajstić information content (AvgIpc) is 3.26. The van der Waals surface area contributed by atoms with Crippen LogP contribution in [-0.2, 0) is 17.4 Å². The summed E-state index contributed by atoms with van der Waals surface area (Å²) in [4.78, 5) is 21.5. The second-order valence-corrected chi connectivity index (χ2v) is 7.28. The maximum absolute atomic E-state index is 12.6. The van der Waals surface area contributed by atoms with E-state index in [1.165, 1.54) is 0 Å². The number of alkyl halides is 3. The molecule has 2 rings (SSSR count). The van der Waals surface area contributed by atoms with Gasteiger partial charge in [-0.15, -0.1) is 11.3 Å². The monoisotopic (exact) mass is 405 g/mol. The van der Waals surface area contributed by atoms with Gasteiger partial charge in [0.25, 0.3) is 0 Å². The number of nitrogens with one attached hydrogen (secondary N) is 2. The lowest BCUT2D eigenvalue weighted by atomic mass is 10.1. The molecule has 152 valence electrons. The van der Waals surface area contributed by atoms with Crippen LogP contribution in [0.4, 0.5) is 13.2 Å². The predicted molar refractivity (Wildman–Crippen MR) is 99.8 cm³/mol. The molecule has 0 bridgehead atoms. The van der Waals surface area contributed by atoms with E-state index in [-0.39, 0.29) is 11.9 Å². The first kappa shape index (κ1) is 21.5. The van der Waals surface area contributed by atoms with E-state index in [1.807, 2.05) is 4.90 Å². The Morgan fingerprint density at radius 1 is 1.41 bits per heavy atom. The number of guanidine groups is 1. The summed E-state index contributed by atoms with van der Waals surface area (Å²) in [5, 5.41) is 7.74. The molecule has 1 aliphatic heterocycles. The molecule has 0 radical (unpaired) electrons. The normalized spacial score (nSPS) is 16.7. The van der Waals surface area contributed by atoms with E-state index >= 15 is 0 Å². The van der Waals surface area contributed by atoms with Crippen molar-refractivity contribution in [1.29, 1.82) is 0 Å². The Hall–Kier alpha value is -1.84. The summed E-state index contributed by atoms with van der Waals surface area (Å²) in [6.45, 7) is 4.01. The number of thiazole rings is 1. The van der Waals surface area contributed by atoms with Gasteiger partial charge in [0, 0.05) is 50.9 Å². The third kappa shape index (κ3) is 6.37. The van der Waals surface area contributed by atoms with E-state index < -0.39 is 11.9 Å². The minimum absolute atomic E-state index is 0.224. The molecular weight excluding hydrogens is 379 g/mol. The van der Waals surface area contributed by atoms with Gasteiger partial charge in [-0.2, -0.15) is 13.2 Å². The molecule has 1 fully saturated rings. The molecule has 0 saturated carbocycles. The second kappa shape index (κ2) is 9.91. The van der Waals surface area contributed by atoms with E-state index in [4.69, 9.17) is 0 Å². The number of nitrogens with zero attached hydrogens (tertiary/aromatic N) is 3. The van der Waals surface area contributed by atoms with E-state index in [1.54, 1.807) is 7.05 Å². The number of rotatable bonds is 8. The van der Waals surface area contributed by atoms with Crippen LogP contribution in [0.2, 0.25) is 0 Å². The van der Waals surface area contributed by atoms with Gasteiger partial charge in [-0.1, -0.05) is 6.92 Å². The number of amides is 1. The van der Waals surface area contributed by atoms with E-state index in [9.17, 15) is 18.0 Å². The summed E-state index contributed by atoms with van der Waals surface area (Å²) in [5.74, 6) is 0.816. The Balaban J connectivity index is 1.71. The Morgan fingerprint density at radius 3 is 2.70 bits per heavy atom. The summed E-state index contributed by atoms with van der Waals surface area (Å²) in [6, 6.07) is 0.224. The third-order valence-corrected chi connectivity index (χ3v) is 5.40. The van der Waals surface area contributed by atoms with Crippen molar-refractivity contribution in [2.45, 2.75) is 51.2 Å². The van der Waals surface area contributed by atoms with Crippen LogP contribution in [0.5, 0.6) is 0 Å². The van der Waals surface area contributed by atoms with Gasteiger partial charge in [-0.25, -0.2) is 4.98 Å². The Labute approximate surface area is 161 Å². The molecule has 2 heterocycles. The van der Waals surface area contributed by atoms with Crippen molar-refractivity contribution in [3.63, 3.8) is 0 Å². The topological polar surface area (TPSA) is 69.6 Å². The Kier molecular flexibility index (Phi) is 7.88. The summed E-state index contributed by atoms with van der Waals surface area (Å²) < 4.78 is 37.7. The van der Waals surface area contributed by atoms with Gasteiger partial charge in [0.15, 0.2) is 11.7 Å². The highest BCUT2D eigenvalue weighted by Gasteiger charge is 2.33. The number of carbonyl (C=O) groups is 1. The van der Waals surface area contributed by atoms with Crippen LogP contribution < -0.4 is 10.6 Å². The quantitative estimate of drug-likeness (QED) is 0.515. The molecule has 0 aromatic carbocycles. The van der Waals surface area contributed by atoms with E-state index in [0.717, 1.165) is 42.5 Å². The molecule has 1 aromatic rings. The molecule has 1 amide bonds. The lowest BCUT2D eigenvalue weighted by molar-refractivity contribution is -0.140. The lowest BCUT2D eigenvalue weighted by Gasteiger charge is -2.27. The average molecular weight is 405 g/mol. The molecule has 1 atom stereocenters. The zero-order valence-corrected chi connectivity index (χ0v) is 16.4. The number of halogens is 3. The predicted octanol–water partition coefficient (Wildman–Crippen LogP) is 2.66. The van der Waals surface area contributed by atoms with Crippen LogP contribution in [0.25, 0.3) is 0 Å². The second-order valence-electron chi connectivity index (χ2n) is 6.34. The van der Waals surface area contributed by atoms with Crippen LogP contribution in [0.1, 0.15) is 43.3 Å². The molecule has 27 heavy (non-hydrogen) atoms. The minimum Gasteiger partial charge on any atom is -0.356 e. The number of hydrogen-bond donors (Lipinski definition) is 2. The largest absolute Gasteiger partial charge is 0.434 e. The fraction of sp³-hybridized carbons (Fsp3) is 0.706. The molecule has 0 spiro atoms.